The van der Waals surface area contributed by atoms with E-state index in [0.29, 0.717) is 6.04 Å². The Labute approximate surface area is 161 Å². The van der Waals surface area contributed by atoms with E-state index in [2.05, 4.69) is 61.4 Å². The fourth-order valence-electron chi connectivity index (χ4n) is 4.35. The van der Waals surface area contributed by atoms with Crippen LogP contribution in [0.2, 0.25) is 0 Å². The molecule has 0 amide bonds. The van der Waals surface area contributed by atoms with Crippen LogP contribution < -0.4 is 4.90 Å². The zero-order chi connectivity index (χ0) is 19.1. The Morgan fingerprint density at radius 1 is 1.15 bits per heavy atom. The second-order valence-electron chi connectivity index (χ2n) is 7.47. The van der Waals surface area contributed by atoms with Gasteiger partial charge in [-0.15, -0.1) is 0 Å². The summed E-state index contributed by atoms with van der Waals surface area (Å²) in [5.41, 5.74) is 8.01. The molecule has 0 N–H and O–H groups in total. The Balaban J connectivity index is 1.96. The van der Waals surface area contributed by atoms with Gasteiger partial charge in [-0.2, -0.15) is 9.61 Å². The number of aromatic nitrogens is 3. The van der Waals surface area contributed by atoms with Crippen molar-refractivity contribution in [3.63, 3.8) is 0 Å². The molecule has 1 aromatic carbocycles. The van der Waals surface area contributed by atoms with Crippen LogP contribution in [0, 0.1) is 20.8 Å². The van der Waals surface area contributed by atoms with Crippen LogP contribution in [0.4, 0.5) is 5.82 Å². The molecule has 0 spiro atoms. The molecule has 142 valence electrons. The van der Waals surface area contributed by atoms with E-state index in [1.807, 2.05) is 0 Å². The van der Waals surface area contributed by atoms with Crippen molar-refractivity contribution in [3.05, 3.63) is 46.8 Å². The maximum absolute atomic E-state index is 5.49. The number of ether oxygens (including phenoxy) is 1. The summed E-state index contributed by atoms with van der Waals surface area (Å²) in [6, 6.07) is 8.84. The lowest BCUT2D eigenvalue weighted by atomic mass is 10.0. The van der Waals surface area contributed by atoms with Gasteiger partial charge in [-0.05, 0) is 44.7 Å². The molecule has 1 atom stereocenters. The van der Waals surface area contributed by atoms with E-state index in [-0.39, 0.29) is 0 Å². The van der Waals surface area contributed by atoms with Gasteiger partial charge in [-0.25, -0.2) is 4.98 Å². The Hall–Kier alpha value is -2.40. The second-order valence-corrected chi connectivity index (χ2v) is 7.47. The summed E-state index contributed by atoms with van der Waals surface area (Å²) in [6.45, 7) is 10.3. The van der Waals surface area contributed by atoms with Crippen molar-refractivity contribution in [1.82, 2.24) is 14.6 Å². The third-order valence-corrected chi connectivity index (χ3v) is 5.78. The average Bonchev–Trinajstić information content (AvgIpc) is 3.22. The molecule has 0 saturated carbocycles. The number of hydrogen-bond acceptors (Lipinski definition) is 4. The molecule has 3 aromatic rings. The van der Waals surface area contributed by atoms with E-state index < -0.39 is 0 Å². The molecule has 0 bridgehead atoms. The molecule has 3 heterocycles. The van der Waals surface area contributed by atoms with Gasteiger partial charge in [0.2, 0.25) is 0 Å². The van der Waals surface area contributed by atoms with Crippen molar-refractivity contribution in [2.75, 3.05) is 25.2 Å². The Bertz CT molecular complexity index is 992. The van der Waals surface area contributed by atoms with E-state index in [0.717, 1.165) is 48.6 Å². The third kappa shape index (κ3) is 2.81. The lowest BCUT2D eigenvalue weighted by molar-refractivity contribution is 0.175. The van der Waals surface area contributed by atoms with Gasteiger partial charge in [0, 0.05) is 30.5 Å². The van der Waals surface area contributed by atoms with Crippen molar-refractivity contribution < 1.29 is 4.74 Å². The Kier molecular flexibility index (Phi) is 4.64. The van der Waals surface area contributed by atoms with Gasteiger partial charge in [0.15, 0.2) is 5.65 Å². The smallest absolute Gasteiger partial charge is 0.165 e. The van der Waals surface area contributed by atoms with Crippen molar-refractivity contribution >= 4 is 11.5 Å². The predicted molar refractivity (Wildman–Crippen MR) is 110 cm³/mol. The van der Waals surface area contributed by atoms with Crippen molar-refractivity contribution in [2.45, 2.75) is 46.6 Å². The molecular formula is C22H28N4O. The molecule has 0 radical (unpaired) electrons. The van der Waals surface area contributed by atoms with E-state index in [9.17, 15) is 0 Å². The fraction of sp³-hybridized carbons (Fsp3) is 0.455. The van der Waals surface area contributed by atoms with Crippen LogP contribution in [0.5, 0.6) is 0 Å². The Morgan fingerprint density at radius 3 is 2.63 bits per heavy atom. The summed E-state index contributed by atoms with van der Waals surface area (Å²) in [7, 11) is 1.78. The summed E-state index contributed by atoms with van der Waals surface area (Å²) in [5, 5.41) is 4.94. The van der Waals surface area contributed by atoms with E-state index >= 15 is 0 Å². The number of nitrogens with zero attached hydrogens (tertiary/aromatic N) is 4. The third-order valence-electron chi connectivity index (χ3n) is 5.78. The number of benzene rings is 1. The number of aryl methyl sites for hydroxylation is 3. The van der Waals surface area contributed by atoms with Crippen molar-refractivity contribution in [1.29, 1.82) is 0 Å². The first-order chi connectivity index (χ1) is 13.1. The van der Waals surface area contributed by atoms with Crippen LogP contribution in [0.3, 0.4) is 0 Å². The standard InChI is InChI=1S/C22H28N4O/c1-6-17(13-27-5)25-12-11-19-15(3)23-21-20(16(4)24-26(21)22(19)25)18-10-8-7-9-14(18)2/h7-10,17H,6,11-13H2,1-5H3. The van der Waals surface area contributed by atoms with Crippen LogP contribution in [-0.2, 0) is 11.2 Å². The number of rotatable bonds is 5. The summed E-state index contributed by atoms with van der Waals surface area (Å²) in [5.74, 6) is 1.20. The minimum absolute atomic E-state index is 0.354. The normalized spacial score (nSPS) is 14.8. The predicted octanol–water partition coefficient (Wildman–Crippen LogP) is 4.11. The minimum Gasteiger partial charge on any atom is -0.383 e. The number of hydrogen-bond donors (Lipinski definition) is 0. The summed E-state index contributed by atoms with van der Waals surface area (Å²) < 4.78 is 7.57. The highest BCUT2D eigenvalue weighted by Crippen LogP contribution is 2.37. The highest BCUT2D eigenvalue weighted by Gasteiger charge is 2.31. The van der Waals surface area contributed by atoms with Crippen molar-refractivity contribution in [3.8, 4) is 11.1 Å². The van der Waals surface area contributed by atoms with Crippen LogP contribution >= 0.6 is 0 Å². The molecule has 4 rings (SSSR count). The first-order valence-corrected chi connectivity index (χ1v) is 9.77. The number of anilines is 1. The molecule has 27 heavy (non-hydrogen) atoms. The molecule has 5 heteroatoms. The van der Waals surface area contributed by atoms with Crippen molar-refractivity contribution in [2.24, 2.45) is 0 Å². The van der Waals surface area contributed by atoms with E-state index in [1.165, 1.54) is 22.5 Å². The van der Waals surface area contributed by atoms with E-state index in [1.54, 1.807) is 7.11 Å². The van der Waals surface area contributed by atoms with Gasteiger partial charge in [-0.1, -0.05) is 31.2 Å². The molecule has 0 fully saturated rings. The zero-order valence-corrected chi connectivity index (χ0v) is 16.9. The largest absolute Gasteiger partial charge is 0.383 e. The van der Waals surface area contributed by atoms with Gasteiger partial charge < -0.3 is 9.64 Å². The summed E-state index contributed by atoms with van der Waals surface area (Å²) >= 11 is 0. The molecule has 5 nitrogen and oxygen atoms in total. The first kappa shape index (κ1) is 18.0. The lowest BCUT2D eigenvalue weighted by Gasteiger charge is -2.29. The first-order valence-electron chi connectivity index (χ1n) is 9.77. The topological polar surface area (TPSA) is 42.7 Å². The SMILES string of the molecule is CCC(COC)N1CCc2c(C)nc3c(-c4ccccc4C)c(C)nn3c21. The lowest BCUT2D eigenvalue weighted by Crippen LogP contribution is -2.37. The quantitative estimate of drug-likeness (QED) is 0.683. The van der Waals surface area contributed by atoms with Gasteiger partial charge in [-0.3, -0.25) is 0 Å². The van der Waals surface area contributed by atoms with Gasteiger partial charge in [0.05, 0.1) is 18.3 Å². The molecule has 1 aliphatic rings. The maximum atomic E-state index is 5.49. The van der Waals surface area contributed by atoms with Crippen LogP contribution in [-0.4, -0.2) is 40.9 Å². The van der Waals surface area contributed by atoms with Crippen LogP contribution in [0.15, 0.2) is 24.3 Å². The highest BCUT2D eigenvalue weighted by atomic mass is 16.5. The molecule has 0 saturated heterocycles. The number of methoxy groups -OCH3 is 1. The summed E-state index contributed by atoms with van der Waals surface area (Å²) in [6.07, 6.45) is 2.06. The fourth-order valence-corrected chi connectivity index (χ4v) is 4.35. The zero-order valence-electron chi connectivity index (χ0n) is 16.9. The average molecular weight is 364 g/mol. The van der Waals surface area contributed by atoms with Crippen LogP contribution in [0.1, 0.15) is 35.9 Å². The van der Waals surface area contributed by atoms with E-state index in [4.69, 9.17) is 14.8 Å². The second kappa shape index (κ2) is 6.97. The van der Waals surface area contributed by atoms with Gasteiger partial charge >= 0.3 is 0 Å². The molecule has 1 unspecified atom stereocenters. The molecule has 0 aliphatic carbocycles. The monoisotopic (exact) mass is 364 g/mol. The molecular weight excluding hydrogens is 336 g/mol. The minimum atomic E-state index is 0.354. The Morgan fingerprint density at radius 2 is 1.93 bits per heavy atom. The number of fused-ring (bicyclic) bond motifs is 3. The highest BCUT2D eigenvalue weighted by molar-refractivity contribution is 5.83. The van der Waals surface area contributed by atoms with Crippen LogP contribution in [0.25, 0.3) is 16.8 Å². The van der Waals surface area contributed by atoms with Gasteiger partial charge in [0.1, 0.15) is 5.82 Å². The molecule has 2 aromatic heterocycles. The summed E-state index contributed by atoms with van der Waals surface area (Å²) in [4.78, 5) is 7.46. The molecule has 1 aliphatic heterocycles. The van der Waals surface area contributed by atoms with Gasteiger partial charge in [0.25, 0.3) is 0 Å². The maximum Gasteiger partial charge on any atom is 0.165 e.